The van der Waals surface area contributed by atoms with E-state index in [1.165, 1.54) is 12.1 Å². The zero-order chi connectivity index (χ0) is 13.1. The molecule has 3 N–H and O–H groups in total. The number of nitro groups is 1. The Kier molecular flexibility index (Phi) is 3.61. The lowest BCUT2D eigenvalue weighted by Gasteiger charge is -2.17. The number of rotatable bonds is 4. The molecule has 1 aliphatic heterocycles. The summed E-state index contributed by atoms with van der Waals surface area (Å²) in [5, 5.41) is 19.7. The molecule has 98 valence electrons. The first-order chi connectivity index (χ1) is 8.60. The molecule has 0 bridgehead atoms. The zero-order valence-electron chi connectivity index (χ0n) is 9.95. The first kappa shape index (κ1) is 12.6. The van der Waals surface area contributed by atoms with Crippen molar-refractivity contribution in [2.45, 2.75) is 12.8 Å². The Morgan fingerprint density at radius 3 is 3.06 bits per heavy atom. The maximum Gasteiger partial charge on any atom is 0.276 e. The number of anilines is 2. The number of aliphatic hydroxyl groups excluding tert-OH is 1. The summed E-state index contributed by atoms with van der Waals surface area (Å²) in [7, 11) is 0. The third kappa shape index (κ3) is 2.67. The molecule has 1 fully saturated rings. The number of pyridine rings is 1. The van der Waals surface area contributed by atoms with Gasteiger partial charge in [-0.2, -0.15) is 0 Å². The molecule has 1 atom stereocenters. The number of nitrogens with two attached hydrogens (primary N) is 1. The van der Waals surface area contributed by atoms with Gasteiger partial charge in [0.05, 0.1) is 17.1 Å². The van der Waals surface area contributed by atoms with Gasteiger partial charge in [-0.25, -0.2) is 4.98 Å². The lowest BCUT2D eigenvalue weighted by Crippen LogP contribution is -2.21. The van der Waals surface area contributed by atoms with Crippen LogP contribution in [-0.2, 0) is 0 Å². The molecule has 2 rings (SSSR count). The fraction of sp³-hybridized carbons (Fsp3) is 0.545. The maximum atomic E-state index is 10.8. The fourth-order valence-corrected chi connectivity index (χ4v) is 2.25. The van der Waals surface area contributed by atoms with Gasteiger partial charge in [0.25, 0.3) is 5.69 Å². The molecule has 7 heteroatoms. The molecule has 0 spiro atoms. The normalized spacial score (nSPS) is 19.2. The summed E-state index contributed by atoms with van der Waals surface area (Å²) in [5.41, 5.74) is 5.54. The maximum absolute atomic E-state index is 10.8. The molecular weight excluding hydrogens is 236 g/mol. The quantitative estimate of drug-likeness (QED) is 0.606. The summed E-state index contributed by atoms with van der Waals surface area (Å²) >= 11 is 0. The van der Waals surface area contributed by atoms with Crippen LogP contribution in [0.4, 0.5) is 17.3 Å². The van der Waals surface area contributed by atoms with Crippen molar-refractivity contribution in [1.82, 2.24) is 4.98 Å². The average Bonchev–Trinajstić information content (AvgIpc) is 2.77. The summed E-state index contributed by atoms with van der Waals surface area (Å²) in [6.45, 7) is 1.72. The van der Waals surface area contributed by atoms with Crippen molar-refractivity contribution < 1.29 is 10.0 Å². The SMILES string of the molecule is Nc1cc([N+](=O)[O-])cc(N2CCC(CCO)C2)n1. The van der Waals surface area contributed by atoms with Crippen molar-refractivity contribution in [3.8, 4) is 0 Å². The third-order valence-corrected chi connectivity index (χ3v) is 3.17. The minimum Gasteiger partial charge on any atom is -0.396 e. The Balaban J connectivity index is 2.16. The molecule has 0 radical (unpaired) electrons. The van der Waals surface area contributed by atoms with Crippen LogP contribution in [-0.4, -0.2) is 34.7 Å². The van der Waals surface area contributed by atoms with Gasteiger partial charge in [0.1, 0.15) is 11.6 Å². The highest BCUT2D eigenvalue weighted by Gasteiger charge is 2.24. The van der Waals surface area contributed by atoms with Crippen molar-refractivity contribution >= 4 is 17.3 Å². The van der Waals surface area contributed by atoms with E-state index in [4.69, 9.17) is 10.8 Å². The molecule has 1 aromatic rings. The Bertz CT molecular complexity index is 452. The predicted octanol–water partition coefficient (Wildman–Crippen LogP) is 0.781. The van der Waals surface area contributed by atoms with E-state index in [-0.39, 0.29) is 18.1 Å². The van der Waals surface area contributed by atoms with Crippen LogP contribution < -0.4 is 10.6 Å². The first-order valence-corrected chi connectivity index (χ1v) is 5.88. The second-order valence-electron chi connectivity index (χ2n) is 4.48. The van der Waals surface area contributed by atoms with Crippen molar-refractivity contribution in [2.24, 2.45) is 5.92 Å². The molecule has 1 aliphatic rings. The van der Waals surface area contributed by atoms with E-state index in [0.29, 0.717) is 11.7 Å². The third-order valence-electron chi connectivity index (χ3n) is 3.17. The van der Waals surface area contributed by atoms with Crippen LogP contribution in [0.2, 0.25) is 0 Å². The van der Waals surface area contributed by atoms with Crippen LogP contribution in [0.1, 0.15) is 12.8 Å². The monoisotopic (exact) mass is 252 g/mol. The molecule has 7 nitrogen and oxygen atoms in total. The van der Waals surface area contributed by atoms with Crippen LogP contribution in [0.25, 0.3) is 0 Å². The van der Waals surface area contributed by atoms with Gasteiger partial charge in [-0.15, -0.1) is 0 Å². The van der Waals surface area contributed by atoms with E-state index in [9.17, 15) is 10.1 Å². The number of hydrogen-bond donors (Lipinski definition) is 2. The van der Waals surface area contributed by atoms with E-state index < -0.39 is 4.92 Å². The van der Waals surface area contributed by atoms with E-state index in [0.717, 1.165) is 25.9 Å². The minimum absolute atomic E-state index is 0.0388. The van der Waals surface area contributed by atoms with Crippen molar-refractivity contribution in [3.05, 3.63) is 22.2 Å². The molecule has 0 aromatic carbocycles. The predicted molar refractivity (Wildman–Crippen MR) is 67.3 cm³/mol. The highest BCUT2D eigenvalue weighted by Crippen LogP contribution is 2.27. The molecule has 0 aliphatic carbocycles. The van der Waals surface area contributed by atoms with Gasteiger partial charge in [-0.3, -0.25) is 10.1 Å². The topological polar surface area (TPSA) is 106 Å². The average molecular weight is 252 g/mol. The number of nitrogen functional groups attached to an aromatic ring is 1. The summed E-state index contributed by atoms with van der Waals surface area (Å²) < 4.78 is 0. The smallest absolute Gasteiger partial charge is 0.276 e. The van der Waals surface area contributed by atoms with Gasteiger partial charge in [0, 0.05) is 19.7 Å². The van der Waals surface area contributed by atoms with Gasteiger partial charge in [-0.05, 0) is 18.8 Å². The minimum atomic E-state index is -0.469. The van der Waals surface area contributed by atoms with E-state index >= 15 is 0 Å². The summed E-state index contributed by atoms with van der Waals surface area (Å²) in [4.78, 5) is 16.4. The Labute approximate surface area is 104 Å². The number of nitrogens with zero attached hydrogens (tertiary/aromatic N) is 3. The van der Waals surface area contributed by atoms with Crippen LogP contribution in [0.15, 0.2) is 12.1 Å². The Hall–Kier alpha value is -1.89. The van der Waals surface area contributed by atoms with Crippen LogP contribution in [0.3, 0.4) is 0 Å². The second kappa shape index (κ2) is 5.18. The van der Waals surface area contributed by atoms with Crippen molar-refractivity contribution in [3.63, 3.8) is 0 Å². The second-order valence-corrected chi connectivity index (χ2v) is 4.48. The highest BCUT2D eigenvalue weighted by molar-refractivity contribution is 5.54. The standard InChI is InChI=1S/C11H16N4O3/c12-10-5-9(15(17)18)6-11(13-10)14-3-1-8(7-14)2-4-16/h5-6,8,16H,1-4,7H2,(H2,12,13). The van der Waals surface area contributed by atoms with Gasteiger partial charge in [-0.1, -0.05) is 0 Å². The van der Waals surface area contributed by atoms with Gasteiger partial charge < -0.3 is 15.7 Å². The molecule has 18 heavy (non-hydrogen) atoms. The molecular formula is C11H16N4O3. The molecule has 2 heterocycles. The lowest BCUT2D eigenvalue weighted by atomic mass is 10.1. The van der Waals surface area contributed by atoms with Crippen molar-refractivity contribution in [1.29, 1.82) is 0 Å². The van der Waals surface area contributed by atoms with Gasteiger partial charge in [0.15, 0.2) is 0 Å². The van der Waals surface area contributed by atoms with E-state index in [2.05, 4.69) is 4.98 Å². The van der Waals surface area contributed by atoms with Gasteiger partial charge in [0.2, 0.25) is 0 Å². The summed E-state index contributed by atoms with van der Waals surface area (Å²) in [5.74, 6) is 1.12. The van der Waals surface area contributed by atoms with Crippen LogP contribution in [0, 0.1) is 16.0 Å². The molecule has 0 saturated carbocycles. The zero-order valence-corrected chi connectivity index (χ0v) is 9.95. The van der Waals surface area contributed by atoms with Crippen LogP contribution in [0.5, 0.6) is 0 Å². The highest BCUT2D eigenvalue weighted by atomic mass is 16.6. The number of aromatic nitrogens is 1. The molecule has 1 unspecified atom stereocenters. The van der Waals surface area contributed by atoms with E-state index in [1.54, 1.807) is 0 Å². The molecule has 1 aromatic heterocycles. The van der Waals surface area contributed by atoms with Crippen LogP contribution >= 0.6 is 0 Å². The van der Waals surface area contributed by atoms with E-state index in [1.807, 2.05) is 4.90 Å². The lowest BCUT2D eigenvalue weighted by molar-refractivity contribution is -0.384. The Morgan fingerprint density at radius 1 is 1.61 bits per heavy atom. The number of hydrogen-bond acceptors (Lipinski definition) is 6. The molecule has 1 saturated heterocycles. The first-order valence-electron chi connectivity index (χ1n) is 5.88. The largest absolute Gasteiger partial charge is 0.396 e. The summed E-state index contributed by atoms with van der Waals surface area (Å²) in [6, 6.07) is 2.70. The van der Waals surface area contributed by atoms with Gasteiger partial charge >= 0.3 is 0 Å². The fourth-order valence-electron chi connectivity index (χ4n) is 2.25. The molecule has 0 amide bonds. The summed E-state index contributed by atoms with van der Waals surface area (Å²) in [6.07, 6.45) is 1.71. The Morgan fingerprint density at radius 2 is 2.39 bits per heavy atom. The number of aliphatic hydroxyl groups is 1. The van der Waals surface area contributed by atoms with Crippen molar-refractivity contribution in [2.75, 3.05) is 30.3 Å².